The molecule has 0 aliphatic heterocycles. The number of aliphatic carboxylic acids is 1. The van der Waals surface area contributed by atoms with Crippen LogP contribution in [0.2, 0.25) is 0 Å². The molecule has 0 bridgehead atoms. The Balaban J connectivity index is 2.48. The molecule has 2 rings (SSSR count). The third kappa shape index (κ3) is 3.36. The van der Waals surface area contributed by atoms with Gasteiger partial charge in [-0.15, -0.1) is 0 Å². The molecule has 0 amide bonds. The van der Waals surface area contributed by atoms with Gasteiger partial charge in [-0.1, -0.05) is 6.92 Å². The maximum absolute atomic E-state index is 11.0. The highest BCUT2D eigenvalue weighted by Crippen LogP contribution is 2.27. The van der Waals surface area contributed by atoms with Crippen molar-refractivity contribution in [1.82, 2.24) is 4.57 Å². The predicted octanol–water partition coefficient (Wildman–Crippen LogP) is 2.77. The van der Waals surface area contributed by atoms with Gasteiger partial charge in [-0.25, -0.2) is 4.79 Å². The van der Waals surface area contributed by atoms with E-state index in [-0.39, 0.29) is 17.7 Å². The Morgan fingerprint density at radius 2 is 1.87 bits per heavy atom. The van der Waals surface area contributed by atoms with Gasteiger partial charge in [0, 0.05) is 29.6 Å². The predicted molar refractivity (Wildman–Crippen MR) is 84.5 cm³/mol. The van der Waals surface area contributed by atoms with E-state index in [0.29, 0.717) is 12.1 Å². The van der Waals surface area contributed by atoms with Crippen LogP contribution in [-0.2, 0) is 17.6 Å². The molecular formula is C17H19NO5. The second-order valence-corrected chi connectivity index (χ2v) is 5.34. The summed E-state index contributed by atoms with van der Waals surface area (Å²) in [5.41, 5.74) is 3.31. The summed E-state index contributed by atoms with van der Waals surface area (Å²) in [5.74, 6) is -2.33. The third-order valence-electron chi connectivity index (χ3n) is 3.87. The minimum absolute atomic E-state index is 0.0528. The number of carboxylic acid groups (broad SMARTS) is 2. The molecule has 0 fully saturated rings. The van der Waals surface area contributed by atoms with Gasteiger partial charge in [0.2, 0.25) is 0 Å². The normalized spacial score (nSPS) is 10.7. The maximum Gasteiger partial charge on any atom is 0.339 e. The van der Waals surface area contributed by atoms with E-state index in [0.717, 1.165) is 23.4 Å². The summed E-state index contributed by atoms with van der Waals surface area (Å²) in [4.78, 5) is 21.8. The maximum atomic E-state index is 11.0. The van der Waals surface area contributed by atoms with Crippen molar-refractivity contribution in [2.24, 2.45) is 0 Å². The van der Waals surface area contributed by atoms with Crippen LogP contribution in [0.25, 0.3) is 5.69 Å². The van der Waals surface area contributed by atoms with Gasteiger partial charge < -0.3 is 19.9 Å². The van der Waals surface area contributed by atoms with Crippen molar-refractivity contribution in [2.45, 2.75) is 33.1 Å². The van der Waals surface area contributed by atoms with Crippen molar-refractivity contribution >= 4 is 11.9 Å². The molecule has 0 spiro atoms. The Morgan fingerprint density at radius 1 is 1.17 bits per heavy atom. The minimum Gasteiger partial charge on any atom is -0.507 e. The third-order valence-corrected chi connectivity index (χ3v) is 3.87. The number of aromatic nitrogens is 1. The summed E-state index contributed by atoms with van der Waals surface area (Å²) in [6.07, 6.45) is 1.22. The first-order valence-electron chi connectivity index (χ1n) is 7.33. The topological polar surface area (TPSA) is 99.8 Å². The van der Waals surface area contributed by atoms with Gasteiger partial charge in [-0.3, -0.25) is 4.79 Å². The highest BCUT2D eigenvalue weighted by molar-refractivity contribution is 5.91. The van der Waals surface area contributed by atoms with Gasteiger partial charge in [-0.05, 0) is 43.5 Å². The highest BCUT2D eigenvalue weighted by Gasteiger charge is 2.16. The summed E-state index contributed by atoms with van der Waals surface area (Å²) in [6, 6.07) is 6.37. The Bertz CT molecular complexity index is 761. The number of benzene rings is 1. The van der Waals surface area contributed by atoms with Crippen LogP contribution in [-0.4, -0.2) is 31.8 Å². The Hall–Kier alpha value is -2.76. The molecular weight excluding hydrogens is 298 g/mol. The van der Waals surface area contributed by atoms with Crippen LogP contribution in [0.4, 0.5) is 0 Å². The molecule has 0 aliphatic carbocycles. The molecule has 3 N–H and O–H groups in total. The number of hydrogen-bond acceptors (Lipinski definition) is 3. The average molecular weight is 317 g/mol. The summed E-state index contributed by atoms with van der Waals surface area (Å²) in [5, 5.41) is 27.7. The first-order valence-corrected chi connectivity index (χ1v) is 7.33. The number of aryl methyl sites for hydroxylation is 2. The fourth-order valence-electron chi connectivity index (χ4n) is 2.68. The average Bonchev–Trinajstić information content (AvgIpc) is 2.80. The zero-order chi connectivity index (χ0) is 17.1. The standard InChI is InChI=1S/C17H19NO5/c1-3-12-8-11(4-7-16(20)21)10(2)18(12)13-5-6-14(17(22)23)15(19)9-13/h5-6,8-9,19H,3-4,7H2,1-2H3,(H,20,21)(H,22,23). The number of nitrogens with zero attached hydrogens (tertiary/aromatic N) is 1. The smallest absolute Gasteiger partial charge is 0.339 e. The first kappa shape index (κ1) is 16.6. The van der Waals surface area contributed by atoms with Gasteiger partial charge in [0.1, 0.15) is 11.3 Å². The van der Waals surface area contributed by atoms with Crippen LogP contribution in [0.15, 0.2) is 24.3 Å². The Kier molecular flexibility index (Phi) is 4.74. The lowest BCUT2D eigenvalue weighted by Gasteiger charge is -2.12. The lowest BCUT2D eigenvalue weighted by Crippen LogP contribution is -2.04. The number of carboxylic acids is 2. The second kappa shape index (κ2) is 6.56. The van der Waals surface area contributed by atoms with Crippen LogP contribution < -0.4 is 0 Å². The van der Waals surface area contributed by atoms with Gasteiger partial charge in [0.15, 0.2) is 0 Å². The fraction of sp³-hybridized carbons (Fsp3) is 0.294. The summed E-state index contributed by atoms with van der Waals surface area (Å²) < 4.78 is 1.92. The number of phenols is 1. The van der Waals surface area contributed by atoms with E-state index in [9.17, 15) is 14.7 Å². The lowest BCUT2D eigenvalue weighted by molar-refractivity contribution is -0.136. The first-order chi connectivity index (χ1) is 10.8. The quantitative estimate of drug-likeness (QED) is 0.760. The zero-order valence-corrected chi connectivity index (χ0v) is 13.0. The molecule has 0 aliphatic rings. The van der Waals surface area contributed by atoms with Gasteiger partial charge in [-0.2, -0.15) is 0 Å². The molecule has 1 aromatic carbocycles. The molecule has 6 nitrogen and oxygen atoms in total. The molecule has 0 unspecified atom stereocenters. The number of hydrogen-bond donors (Lipinski definition) is 3. The molecule has 1 heterocycles. The minimum atomic E-state index is -1.18. The van der Waals surface area contributed by atoms with Crippen molar-refractivity contribution in [1.29, 1.82) is 0 Å². The van der Waals surface area contributed by atoms with Crippen LogP contribution >= 0.6 is 0 Å². The van der Waals surface area contributed by atoms with Crippen LogP contribution in [0.1, 0.15) is 40.7 Å². The summed E-state index contributed by atoms with van der Waals surface area (Å²) in [6.45, 7) is 3.87. The van der Waals surface area contributed by atoms with Crippen LogP contribution in [0.5, 0.6) is 5.75 Å². The van der Waals surface area contributed by atoms with Gasteiger partial charge in [0.05, 0.1) is 0 Å². The van der Waals surface area contributed by atoms with Crippen LogP contribution in [0, 0.1) is 6.92 Å². The van der Waals surface area contributed by atoms with E-state index < -0.39 is 11.9 Å². The summed E-state index contributed by atoms with van der Waals surface area (Å²) >= 11 is 0. The van der Waals surface area contributed by atoms with E-state index in [4.69, 9.17) is 10.2 Å². The van der Waals surface area contributed by atoms with Gasteiger partial charge in [0.25, 0.3) is 0 Å². The SMILES string of the molecule is CCc1cc(CCC(=O)O)c(C)n1-c1ccc(C(=O)O)c(O)c1. The molecule has 6 heteroatoms. The van der Waals surface area contributed by atoms with E-state index in [1.54, 1.807) is 6.07 Å². The lowest BCUT2D eigenvalue weighted by atomic mass is 10.1. The van der Waals surface area contributed by atoms with Crippen molar-refractivity contribution in [3.63, 3.8) is 0 Å². The Morgan fingerprint density at radius 3 is 2.39 bits per heavy atom. The van der Waals surface area contributed by atoms with E-state index in [2.05, 4.69) is 0 Å². The summed E-state index contributed by atoms with van der Waals surface area (Å²) in [7, 11) is 0. The number of rotatable bonds is 6. The van der Waals surface area contributed by atoms with Crippen molar-refractivity contribution in [2.75, 3.05) is 0 Å². The molecule has 0 atom stereocenters. The van der Waals surface area contributed by atoms with Crippen molar-refractivity contribution < 1.29 is 24.9 Å². The molecule has 0 saturated carbocycles. The Labute approximate surface area is 133 Å². The molecule has 23 heavy (non-hydrogen) atoms. The largest absolute Gasteiger partial charge is 0.507 e. The van der Waals surface area contributed by atoms with E-state index in [1.165, 1.54) is 12.1 Å². The molecule has 0 saturated heterocycles. The number of aromatic carboxylic acids is 1. The fourth-order valence-corrected chi connectivity index (χ4v) is 2.68. The van der Waals surface area contributed by atoms with Crippen molar-refractivity contribution in [3.05, 3.63) is 46.8 Å². The van der Waals surface area contributed by atoms with Crippen LogP contribution in [0.3, 0.4) is 0 Å². The van der Waals surface area contributed by atoms with E-state index >= 15 is 0 Å². The molecule has 1 aromatic heterocycles. The van der Waals surface area contributed by atoms with Crippen molar-refractivity contribution in [3.8, 4) is 11.4 Å². The second-order valence-electron chi connectivity index (χ2n) is 5.34. The zero-order valence-electron chi connectivity index (χ0n) is 13.0. The number of carbonyl (C=O) groups is 2. The molecule has 122 valence electrons. The molecule has 2 aromatic rings. The number of aromatic hydroxyl groups is 1. The monoisotopic (exact) mass is 317 g/mol. The van der Waals surface area contributed by atoms with Gasteiger partial charge >= 0.3 is 11.9 Å². The van der Waals surface area contributed by atoms with E-state index in [1.807, 2.05) is 24.5 Å². The molecule has 0 radical (unpaired) electrons. The highest BCUT2D eigenvalue weighted by atomic mass is 16.4.